The number of aromatic nitrogens is 1. The maximum atomic E-state index is 14.3. The van der Waals surface area contributed by atoms with E-state index in [0.29, 0.717) is 36.2 Å². The molecule has 4 atom stereocenters. The number of rotatable bonds is 1. The summed E-state index contributed by atoms with van der Waals surface area (Å²) in [6.45, 7) is 7.10. The number of halogens is 2. The van der Waals surface area contributed by atoms with E-state index in [9.17, 15) is 28.0 Å². The topological polar surface area (TPSA) is 130 Å². The minimum atomic E-state index is -2.88. The van der Waals surface area contributed by atoms with Crippen LogP contribution in [0.4, 0.5) is 8.78 Å². The molecule has 10 nitrogen and oxygen atoms in total. The Balaban J connectivity index is 1.54. The zero-order valence-electron chi connectivity index (χ0n) is 26.1. The summed E-state index contributed by atoms with van der Waals surface area (Å²) >= 11 is 0. The fourth-order valence-corrected chi connectivity index (χ4v) is 6.12. The lowest BCUT2D eigenvalue weighted by Crippen LogP contribution is -2.61. The predicted molar refractivity (Wildman–Crippen MR) is 163 cm³/mol. The van der Waals surface area contributed by atoms with Crippen molar-refractivity contribution in [1.82, 2.24) is 26.1 Å². The van der Waals surface area contributed by atoms with Gasteiger partial charge in [-0.1, -0.05) is 44.2 Å². The van der Waals surface area contributed by atoms with Crippen LogP contribution in [0.3, 0.4) is 0 Å². The van der Waals surface area contributed by atoms with Gasteiger partial charge < -0.3 is 15.4 Å². The zero-order valence-corrected chi connectivity index (χ0v) is 26.1. The number of nitrogens with zero attached hydrogens (tertiary/aromatic N) is 2. The highest BCUT2D eigenvalue weighted by atomic mass is 19.3. The molecule has 242 valence electrons. The van der Waals surface area contributed by atoms with Gasteiger partial charge in [0.15, 0.2) is 0 Å². The summed E-state index contributed by atoms with van der Waals surface area (Å²) in [6, 6.07) is 6.45. The highest BCUT2D eigenvalue weighted by Crippen LogP contribution is 2.45. The third-order valence-corrected chi connectivity index (χ3v) is 9.07. The van der Waals surface area contributed by atoms with E-state index >= 15 is 0 Å². The van der Waals surface area contributed by atoms with Crippen LogP contribution in [0.5, 0.6) is 0 Å². The number of carbonyl (C=O) groups is 4. The molecule has 2 aliphatic heterocycles. The zero-order chi connectivity index (χ0) is 32.5. The van der Waals surface area contributed by atoms with Gasteiger partial charge in [-0.2, -0.15) is 0 Å². The molecule has 3 amide bonds. The third kappa shape index (κ3) is 7.16. The highest BCUT2D eigenvalue weighted by Gasteiger charge is 2.47. The second-order valence-corrected chi connectivity index (χ2v) is 12.9. The van der Waals surface area contributed by atoms with Crippen molar-refractivity contribution in [3.8, 4) is 0 Å². The molecular formula is C33H41F2N5O5. The first-order valence-electron chi connectivity index (χ1n) is 15.6. The van der Waals surface area contributed by atoms with Gasteiger partial charge >= 0.3 is 5.97 Å². The smallest absolute Gasteiger partial charge is 0.325 e. The summed E-state index contributed by atoms with van der Waals surface area (Å²) in [5, 5.41) is 7.69. The molecule has 3 N–H and O–H groups in total. The van der Waals surface area contributed by atoms with Gasteiger partial charge in [-0.05, 0) is 63.1 Å². The van der Waals surface area contributed by atoms with Crippen LogP contribution in [0.25, 0.3) is 17.0 Å². The number of pyridine rings is 1. The van der Waals surface area contributed by atoms with Crippen molar-refractivity contribution in [2.45, 2.75) is 96.4 Å². The molecule has 5 rings (SSSR count). The average Bonchev–Trinajstić information content (AvgIpc) is 3.01. The van der Waals surface area contributed by atoms with Crippen LogP contribution in [-0.2, 0) is 23.9 Å². The summed E-state index contributed by atoms with van der Waals surface area (Å²) in [6.07, 6.45) is 2.62. The second kappa shape index (κ2) is 12.8. The largest absolute Gasteiger partial charge is 0.455 e. The Labute approximate surface area is 261 Å². The van der Waals surface area contributed by atoms with Crippen LogP contribution in [0.15, 0.2) is 36.4 Å². The molecule has 1 aromatic heterocycles. The molecule has 5 bridgehead atoms. The summed E-state index contributed by atoms with van der Waals surface area (Å²) in [4.78, 5) is 58.5. The Hall–Kier alpha value is -3.93. The van der Waals surface area contributed by atoms with Crippen molar-refractivity contribution in [2.75, 3.05) is 6.54 Å². The van der Waals surface area contributed by atoms with E-state index in [0.717, 1.165) is 5.39 Å². The molecule has 3 heterocycles. The van der Waals surface area contributed by atoms with Crippen LogP contribution >= 0.6 is 0 Å². The first-order valence-corrected chi connectivity index (χ1v) is 15.6. The van der Waals surface area contributed by atoms with Gasteiger partial charge in [0.25, 0.3) is 5.91 Å². The van der Waals surface area contributed by atoms with Crippen molar-refractivity contribution in [1.29, 1.82) is 0 Å². The normalized spacial score (nSPS) is 27.8. The SMILES string of the molecule is CC(C)[C@@H]1NC(=O)C2(C=Cc3ccc4ccc(nc4c3)[C@@H](C)OC(=O)[C@@H]3CCCN(N3)C(=O)[C@H](C)NC1=O)CCC(F)(F)CC2. The number of hydrogen-bond donors (Lipinski definition) is 3. The van der Waals surface area contributed by atoms with Crippen molar-refractivity contribution in [2.24, 2.45) is 11.3 Å². The van der Waals surface area contributed by atoms with Crippen LogP contribution < -0.4 is 16.1 Å². The summed E-state index contributed by atoms with van der Waals surface area (Å²) in [7, 11) is 0. The van der Waals surface area contributed by atoms with Crippen molar-refractivity contribution < 1.29 is 32.7 Å². The van der Waals surface area contributed by atoms with Crippen LogP contribution in [0, 0.1) is 11.3 Å². The Morgan fingerprint density at radius 2 is 1.71 bits per heavy atom. The Bertz CT molecular complexity index is 1500. The molecule has 45 heavy (non-hydrogen) atoms. The molecule has 2 fully saturated rings. The minimum absolute atomic E-state index is 0.0929. The number of alkyl halides is 2. The van der Waals surface area contributed by atoms with Gasteiger partial charge in [0.1, 0.15) is 24.2 Å². The van der Waals surface area contributed by atoms with Crippen molar-refractivity contribution in [3.05, 3.63) is 47.7 Å². The first-order chi connectivity index (χ1) is 21.3. The van der Waals surface area contributed by atoms with Crippen molar-refractivity contribution in [3.63, 3.8) is 0 Å². The number of cyclic esters (lactones) is 1. The number of carbonyl (C=O) groups excluding carboxylic acids is 4. The van der Waals surface area contributed by atoms with Crippen molar-refractivity contribution >= 4 is 40.7 Å². The maximum absolute atomic E-state index is 14.3. The van der Waals surface area contributed by atoms with Crippen LogP contribution in [0.2, 0.25) is 0 Å². The molecule has 1 spiro atoms. The van der Waals surface area contributed by atoms with E-state index in [1.165, 1.54) is 11.9 Å². The Kier molecular flexibility index (Phi) is 9.25. The number of fused-ring (bicyclic) bond motifs is 4. The molecular weight excluding hydrogens is 584 g/mol. The maximum Gasteiger partial charge on any atom is 0.325 e. The number of hydrogen-bond acceptors (Lipinski definition) is 7. The van der Waals surface area contributed by atoms with Gasteiger partial charge in [-0.15, -0.1) is 0 Å². The first kappa shape index (κ1) is 32.5. The lowest BCUT2D eigenvalue weighted by Gasteiger charge is -2.38. The summed E-state index contributed by atoms with van der Waals surface area (Å²) in [5.74, 6) is -5.29. The summed E-state index contributed by atoms with van der Waals surface area (Å²) in [5.41, 5.74) is 3.56. The number of esters is 1. The number of ether oxygens (including phenoxy) is 1. The molecule has 1 saturated heterocycles. The quantitative estimate of drug-likeness (QED) is 0.405. The molecule has 1 aromatic carbocycles. The van der Waals surface area contributed by atoms with E-state index in [2.05, 4.69) is 16.1 Å². The van der Waals surface area contributed by atoms with Crippen LogP contribution in [-0.4, -0.2) is 64.3 Å². The monoisotopic (exact) mass is 625 g/mol. The van der Waals surface area contributed by atoms with Gasteiger partial charge in [0, 0.05) is 24.8 Å². The summed E-state index contributed by atoms with van der Waals surface area (Å²) < 4.78 is 34.3. The molecule has 0 radical (unpaired) electrons. The second-order valence-electron chi connectivity index (χ2n) is 12.9. The predicted octanol–water partition coefficient (Wildman–Crippen LogP) is 4.20. The van der Waals surface area contributed by atoms with Gasteiger partial charge in [-0.3, -0.25) is 24.2 Å². The lowest BCUT2D eigenvalue weighted by atomic mass is 9.71. The Morgan fingerprint density at radius 3 is 2.42 bits per heavy atom. The van der Waals surface area contributed by atoms with E-state index in [-0.39, 0.29) is 18.8 Å². The van der Waals surface area contributed by atoms with E-state index in [1.807, 2.05) is 24.3 Å². The fraction of sp³-hybridized carbons (Fsp3) is 0.545. The van der Waals surface area contributed by atoms with Crippen LogP contribution in [0.1, 0.15) is 83.6 Å². The Morgan fingerprint density at radius 1 is 1.00 bits per heavy atom. The lowest BCUT2D eigenvalue weighted by molar-refractivity contribution is -0.157. The van der Waals surface area contributed by atoms with Gasteiger partial charge in [0.05, 0.1) is 16.6 Å². The van der Waals surface area contributed by atoms with E-state index in [4.69, 9.17) is 9.72 Å². The molecule has 1 aliphatic carbocycles. The fourth-order valence-electron chi connectivity index (χ4n) is 6.12. The number of amides is 3. The minimum Gasteiger partial charge on any atom is -0.455 e. The highest BCUT2D eigenvalue weighted by molar-refractivity contribution is 5.94. The standard InChI is InChI=1S/C33H41F2N5O5/c1-19(2)27-28(41)36-20(3)29(42)40-17-5-6-25(39-40)30(43)45-21(4)24-10-9-23-8-7-22(18-26(23)37-24)11-12-32(31(44)38-27)13-15-33(34,35)16-14-32/h7-12,18-21,25,27,39H,5-6,13-17H2,1-4H3,(H,36,41)(H,38,44)/t20-,21+,25-,27-/m0/s1. The average molecular weight is 626 g/mol. The number of hydrazine groups is 1. The van der Waals surface area contributed by atoms with Gasteiger partial charge in [0.2, 0.25) is 17.7 Å². The molecule has 3 aliphatic rings. The molecule has 12 heteroatoms. The third-order valence-electron chi connectivity index (χ3n) is 9.07. The molecule has 2 aromatic rings. The number of nitrogens with one attached hydrogen (secondary N) is 3. The van der Waals surface area contributed by atoms with E-state index < -0.39 is 72.1 Å². The molecule has 0 unspecified atom stereocenters. The van der Waals surface area contributed by atoms with E-state index in [1.54, 1.807) is 39.0 Å². The molecule has 1 saturated carbocycles. The number of benzene rings is 1. The van der Waals surface area contributed by atoms with Gasteiger partial charge in [-0.25, -0.2) is 19.2 Å².